The molecule has 0 aliphatic rings. The molecule has 1 heterocycles. The average Bonchev–Trinajstić information content (AvgIpc) is 3.20. The molecule has 6 nitrogen and oxygen atoms in total. The fourth-order valence-corrected chi connectivity index (χ4v) is 4.45. The third kappa shape index (κ3) is 6.06. The second-order valence-corrected chi connectivity index (χ2v) is 8.65. The summed E-state index contributed by atoms with van der Waals surface area (Å²) in [5.74, 6) is -0.479. The zero-order valence-electron chi connectivity index (χ0n) is 20.0. The minimum Gasteiger partial charge on any atom is -0.396 e. The van der Waals surface area contributed by atoms with Crippen LogP contribution in [0, 0.1) is 5.82 Å². The molecule has 1 unspecified atom stereocenters. The van der Waals surface area contributed by atoms with Crippen LogP contribution in [0.25, 0.3) is 21.8 Å². The van der Waals surface area contributed by atoms with Crippen molar-refractivity contribution < 1.29 is 19.0 Å². The lowest BCUT2D eigenvalue weighted by molar-refractivity contribution is -0.127. The minimum atomic E-state index is -0.471. The van der Waals surface area contributed by atoms with E-state index in [4.69, 9.17) is 4.74 Å². The second-order valence-electron chi connectivity index (χ2n) is 8.65. The predicted molar refractivity (Wildman–Crippen MR) is 137 cm³/mol. The molecule has 2 N–H and O–H groups in total. The maximum absolute atomic E-state index is 13.1. The molecule has 0 radical (unpaired) electrons. The van der Waals surface area contributed by atoms with Crippen LogP contribution in [-0.2, 0) is 22.6 Å². The van der Waals surface area contributed by atoms with E-state index in [2.05, 4.69) is 58.4 Å². The van der Waals surface area contributed by atoms with Gasteiger partial charge in [-0.05, 0) is 43.3 Å². The maximum Gasteiger partial charge on any atom is 0.237 e. The normalized spacial score (nSPS) is 12.5. The second kappa shape index (κ2) is 11.9. The minimum absolute atomic E-state index is 0.0897. The Morgan fingerprint density at radius 1 is 1.00 bits per heavy atom. The van der Waals surface area contributed by atoms with E-state index in [-0.39, 0.29) is 18.3 Å². The Morgan fingerprint density at radius 3 is 2.26 bits per heavy atom. The van der Waals surface area contributed by atoms with Crippen LogP contribution in [0.2, 0.25) is 0 Å². The Hall–Kier alpha value is -3.26. The van der Waals surface area contributed by atoms with Gasteiger partial charge in [-0.2, -0.15) is 0 Å². The van der Waals surface area contributed by atoms with Crippen molar-refractivity contribution in [2.75, 3.05) is 33.4 Å². The van der Waals surface area contributed by atoms with Crippen LogP contribution in [0.15, 0.2) is 72.8 Å². The van der Waals surface area contributed by atoms with Gasteiger partial charge in [-0.1, -0.05) is 48.5 Å². The van der Waals surface area contributed by atoms with Crippen molar-refractivity contribution in [2.45, 2.75) is 25.6 Å². The summed E-state index contributed by atoms with van der Waals surface area (Å²) in [7, 11) is 1.86. The molecule has 0 aliphatic heterocycles. The van der Waals surface area contributed by atoms with Gasteiger partial charge in [0.1, 0.15) is 5.82 Å². The molecule has 0 spiro atoms. The molecule has 3 aromatic carbocycles. The van der Waals surface area contributed by atoms with E-state index in [1.165, 1.54) is 33.9 Å². The number of nitrogens with one attached hydrogen (secondary N) is 1. The van der Waals surface area contributed by atoms with Crippen molar-refractivity contribution in [1.29, 1.82) is 0 Å². The number of fused-ring (bicyclic) bond motifs is 3. The van der Waals surface area contributed by atoms with Crippen LogP contribution in [0.1, 0.15) is 12.0 Å². The molecule has 4 aromatic rings. The van der Waals surface area contributed by atoms with Gasteiger partial charge in [0.15, 0.2) is 0 Å². The van der Waals surface area contributed by atoms with Crippen molar-refractivity contribution in [1.82, 2.24) is 14.8 Å². The van der Waals surface area contributed by atoms with E-state index < -0.39 is 6.04 Å². The highest BCUT2D eigenvalue weighted by Gasteiger charge is 2.22. The summed E-state index contributed by atoms with van der Waals surface area (Å²) in [6, 6.07) is 22.3. The Labute approximate surface area is 204 Å². The predicted octanol–water partition coefficient (Wildman–Crippen LogP) is 3.95. The summed E-state index contributed by atoms with van der Waals surface area (Å²) in [4.78, 5) is 14.6. The van der Waals surface area contributed by atoms with E-state index in [1.807, 2.05) is 11.9 Å². The van der Waals surface area contributed by atoms with Gasteiger partial charge < -0.3 is 19.7 Å². The zero-order valence-corrected chi connectivity index (χ0v) is 20.0. The first kappa shape index (κ1) is 24.9. The number of carbonyl (C=O) groups excluding carboxylic acids is 1. The number of para-hydroxylation sites is 2. The molecule has 1 atom stereocenters. The third-order valence-electron chi connectivity index (χ3n) is 6.34. The number of hydrogen-bond acceptors (Lipinski definition) is 4. The molecule has 1 amide bonds. The van der Waals surface area contributed by atoms with E-state index in [1.54, 1.807) is 12.1 Å². The summed E-state index contributed by atoms with van der Waals surface area (Å²) in [5.41, 5.74) is 3.20. The topological polar surface area (TPSA) is 66.7 Å². The van der Waals surface area contributed by atoms with Crippen LogP contribution >= 0.6 is 0 Å². The largest absolute Gasteiger partial charge is 0.396 e. The number of aliphatic hydroxyl groups is 1. The summed E-state index contributed by atoms with van der Waals surface area (Å²) < 4.78 is 21.3. The lowest BCUT2D eigenvalue weighted by atomic mass is 10.1. The van der Waals surface area contributed by atoms with Crippen molar-refractivity contribution in [3.8, 4) is 0 Å². The maximum atomic E-state index is 13.1. The highest BCUT2D eigenvalue weighted by atomic mass is 19.1. The lowest BCUT2D eigenvalue weighted by Gasteiger charge is -2.26. The van der Waals surface area contributed by atoms with Crippen LogP contribution in [0.5, 0.6) is 0 Å². The number of carbonyl (C=O) groups is 1. The molecule has 0 bridgehead atoms. The standard InChI is InChI=1S/C28H32FN3O3/c1-31(27(14-17-33)28(34)30-20-21-10-12-22(29)13-11-21)15-18-35-19-16-32-25-8-4-2-6-23(25)24-7-3-5-9-26(24)32/h2-13,27,33H,14-20H2,1H3,(H,30,34). The van der Waals surface area contributed by atoms with E-state index in [0.29, 0.717) is 32.7 Å². The molecular formula is C28H32FN3O3. The zero-order chi connectivity index (χ0) is 24.6. The first-order chi connectivity index (χ1) is 17.1. The lowest BCUT2D eigenvalue weighted by Crippen LogP contribution is -2.46. The van der Waals surface area contributed by atoms with Gasteiger partial charge in [-0.3, -0.25) is 9.69 Å². The van der Waals surface area contributed by atoms with Crippen molar-refractivity contribution in [3.63, 3.8) is 0 Å². The fourth-order valence-electron chi connectivity index (χ4n) is 4.45. The van der Waals surface area contributed by atoms with Crippen LogP contribution < -0.4 is 5.32 Å². The van der Waals surface area contributed by atoms with Gasteiger partial charge in [-0.25, -0.2) is 4.39 Å². The Bertz CT molecular complexity index is 1200. The molecule has 7 heteroatoms. The average molecular weight is 478 g/mol. The highest BCUT2D eigenvalue weighted by molar-refractivity contribution is 6.07. The number of aliphatic hydroxyl groups excluding tert-OH is 1. The number of ether oxygens (including phenoxy) is 1. The van der Waals surface area contributed by atoms with Gasteiger partial charge in [0.2, 0.25) is 5.91 Å². The SMILES string of the molecule is CN(CCOCCn1c2ccccc2c2ccccc21)C(CCO)C(=O)NCc1ccc(F)cc1. The monoisotopic (exact) mass is 477 g/mol. The van der Waals surface area contributed by atoms with Gasteiger partial charge in [0.05, 0.1) is 19.3 Å². The molecule has 4 rings (SSSR count). The van der Waals surface area contributed by atoms with E-state index >= 15 is 0 Å². The molecular weight excluding hydrogens is 445 g/mol. The van der Waals surface area contributed by atoms with Gasteiger partial charge in [0.25, 0.3) is 0 Å². The Kier molecular flexibility index (Phi) is 8.47. The number of halogens is 1. The number of hydrogen-bond donors (Lipinski definition) is 2. The summed E-state index contributed by atoms with van der Waals surface area (Å²) in [6.07, 6.45) is 0.326. The summed E-state index contributed by atoms with van der Waals surface area (Å²) in [6.45, 7) is 2.54. The fraction of sp³-hybridized carbons (Fsp3) is 0.321. The number of nitrogens with zero attached hydrogens (tertiary/aromatic N) is 2. The van der Waals surface area contributed by atoms with Crippen molar-refractivity contribution >= 4 is 27.7 Å². The van der Waals surface area contributed by atoms with Crippen LogP contribution in [0.3, 0.4) is 0 Å². The van der Waals surface area contributed by atoms with Crippen LogP contribution in [0.4, 0.5) is 4.39 Å². The van der Waals surface area contributed by atoms with Gasteiger partial charge in [0, 0.05) is 48.0 Å². The highest BCUT2D eigenvalue weighted by Crippen LogP contribution is 2.28. The van der Waals surface area contributed by atoms with Gasteiger partial charge >= 0.3 is 0 Å². The van der Waals surface area contributed by atoms with Crippen molar-refractivity contribution in [3.05, 3.63) is 84.2 Å². The molecule has 0 saturated carbocycles. The number of likely N-dealkylation sites (N-methyl/N-ethyl adjacent to an activating group) is 1. The first-order valence-corrected chi connectivity index (χ1v) is 12.0. The number of benzene rings is 3. The number of aromatic nitrogens is 1. The molecule has 35 heavy (non-hydrogen) atoms. The quantitative estimate of drug-likeness (QED) is 0.303. The van der Waals surface area contributed by atoms with E-state index in [0.717, 1.165) is 12.1 Å². The number of amides is 1. The molecule has 1 aromatic heterocycles. The Balaban J connectivity index is 1.27. The smallest absolute Gasteiger partial charge is 0.237 e. The van der Waals surface area contributed by atoms with Crippen molar-refractivity contribution in [2.24, 2.45) is 0 Å². The third-order valence-corrected chi connectivity index (χ3v) is 6.34. The molecule has 0 aliphatic carbocycles. The molecule has 0 fully saturated rings. The summed E-state index contributed by atoms with van der Waals surface area (Å²) >= 11 is 0. The van der Waals surface area contributed by atoms with Gasteiger partial charge in [-0.15, -0.1) is 0 Å². The van der Waals surface area contributed by atoms with E-state index in [9.17, 15) is 14.3 Å². The Morgan fingerprint density at radius 2 is 1.63 bits per heavy atom. The molecule has 0 saturated heterocycles. The summed E-state index contributed by atoms with van der Waals surface area (Å²) in [5, 5.41) is 14.8. The van der Waals surface area contributed by atoms with Crippen LogP contribution in [-0.4, -0.2) is 59.9 Å². The molecule has 184 valence electrons. The number of rotatable bonds is 12. The first-order valence-electron chi connectivity index (χ1n) is 12.0.